The van der Waals surface area contributed by atoms with Gasteiger partial charge in [0.2, 0.25) is 5.91 Å². The highest BCUT2D eigenvalue weighted by Crippen LogP contribution is 2.47. The van der Waals surface area contributed by atoms with Crippen molar-refractivity contribution in [2.75, 3.05) is 9.96 Å². The number of nitrogens with zero attached hydrogens (tertiary/aromatic N) is 2. The summed E-state index contributed by atoms with van der Waals surface area (Å²) in [6.45, 7) is 0. The van der Waals surface area contributed by atoms with Crippen LogP contribution in [0.1, 0.15) is 11.6 Å². The summed E-state index contributed by atoms with van der Waals surface area (Å²) < 4.78 is 14.3. The van der Waals surface area contributed by atoms with Crippen molar-refractivity contribution in [3.8, 4) is 0 Å². The van der Waals surface area contributed by atoms with E-state index in [1.165, 1.54) is 18.2 Å². The second-order valence-corrected chi connectivity index (χ2v) is 7.03. The van der Waals surface area contributed by atoms with Crippen molar-refractivity contribution >= 4 is 23.2 Å². The van der Waals surface area contributed by atoms with Crippen molar-refractivity contribution < 1.29 is 18.8 Å². The van der Waals surface area contributed by atoms with Crippen LogP contribution in [0.4, 0.5) is 15.8 Å². The summed E-state index contributed by atoms with van der Waals surface area (Å²) in [5, 5.41) is 1.62. The minimum Gasteiger partial charge on any atom is -0.273 e. The Morgan fingerprint density at radius 2 is 1.38 bits per heavy atom. The van der Waals surface area contributed by atoms with Crippen LogP contribution in [0.2, 0.25) is 0 Å². The Balaban J connectivity index is 1.60. The van der Waals surface area contributed by atoms with Crippen LogP contribution < -0.4 is 9.96 Å². The van der Waals surface area contributed by atoms with Crippen molar-refractivity contribution in [2.45, 2.75) is 12.1 Å². The van der Waals surface area contributed by atoms with Gasteiger partial charge in [-0.15, -0.1) is 0 Å². The number of fused-ring (bicyclic) bond motifs is 1. The number of carbonyl (C=O) groups excluding carboxylic acids is 2. The average Bonchev–Trinajstić information content (AvgIpc) is 3.26. The number of anilines is 2. The van der Waals surface area contributed by atoms with E-state index in [4.69, 9.17) is 4.84 Å². The lowest BCUT2D eigenvalue weighted by Crippen LogP contribution is -2.37. The SMILES string of the molecule is O=C1[C@H]2[C@@H](ON(c3ccccc3)[C@H]2c2ccccc2)C(=O)N1c1ccccc1F. The van der Waals surface area contributed by atoms with E-state index in [-0.39, 0.29) is 5.69 Å². The van der Waals surface area contributed by atoms with Gasteiger partial charge in [-0.2, -0.15) is 0 Å². The van der Waals surface area contributed by atoms with Gasteiger partial charge in [-0.25, -0.2) is 14.4 Å². The van der Waals surface area contributed by atoms with Crippen molar-refractivity contribution in [3.05, 3.63) is 96.3 Å². The van der Waals surface area contributed by atoms with Crippen molar-refractivity contribution in [1.29, 1.82) is 0 Å². The molecule has 0 unspecified atom stereocenters. The van der Waals surface area contributed by atoms with E-state index in [1.807, 2.05) is 60.7 Å². The lowest BCUT2D eigenvalue weighted by atomic mass is 9.90. The van der Waals surface area contributed by atoms with E-state index in [2.05, 4.69) is 0 Å². The summed E-state index contributed by atoms with van der Waals surface area (Å²) in [6.07, 6.45) is -1.01. The van der Waals surface area contributed by atoms with E-state index in [0.29, 0.717) is 0 Å². The Morgan fingerprint density at radius 3 is 2.07 bits per heavy atom. The molecule has 2 aliphatic rings. The zero-order valence-corrected chi connectivity index (χ0v) is 15.3. The summed E-state index contributed by atoms with van der Waals surface area (Å²) >= 11 is 0. The predicted octanol–water partition coefficient (Wildman–Crippen LogP) is 3.88. The number of hydrogen-bond acceptors (Lipinski definition) is 4. The fraction of sp³-hybridized carbons (Fsp3) is 0.130. The number of carbonyl (C=O) groups is 2. The largest absolute Gasteiger partial charge is 0.273 e. The molecule has 0 N–H and O–H groups in total. The maximum atomic E-state index is 14.3. The van der Waals surface area contributed by atoms with Crippen LogP contribution in [0.5, 0.6) is 0 Å². The Bertz CT molecular complexity index is 1070. The van der Waals surface area contributed by atoms with Gasteiger partial charge in [0, 0.05) is 0 Å². The molecular formula is C23H17FN2O3. The molecule has 2 saturated heterocycles. The predicted molar refractivity (Wildman–Crippen MR) is 105 cm³/mol. The van der Waals surface area contributed by atoms with E-state index in [1.54, 1.807) is 11.1 Å². The number of hydrogen-bond donors (Lipinski definition) is 0. The van der Waals surface area contributed by atoms with E-state index < -0.39 is 35.7 Å². The van der Waals surface area contributed by atoms with Gasteiger partial charge >= 0.3 is 0 Å². The molecule has 3 aromatic carbocycles. The highest BCUT2D eigenvalue weighted by molar-refractivity contribution is 6.24. The first kappa shape index (κ1) is 17.6. The van der Waals surface area contributed by atoms with Crippen LogP contribution in [-0.4, -0.2) is 17.9 Å². The highest BCUT2D eigenvalue weighted by Gasteiger charge is 2.60. The molecule has 0 aromatic heterocycles. The first-order valence-corrected chi connectivity index (χ1v) is 9.35. The molecule has 0 aliphatic carbocycles. The molecule has 2 heterocycles. The summed E-state index contributed by atoms with van der Waals surface area (Å²) in [5.41, 5.74) is 1.55. The van der Waals surface area contributed by atoms with Gasteiger partial charge in [0.15, 0.2) is 6.10 Å². The molecule has 29 heavy (non-hydrogen) atoms. The van der Waals surface area contributed by atoms with Gasteiger partial charge in [0.05, 0.1) is 17.4 Å². The van der Waals surface area contributed by atoms with Crippen LogP contribution in [0, 0.1) is 11.7 Å². The number of imide groups is 1. The number of benzene rings is 3. The fourth-order valence-electron chi connectivity index (χ4n) is 4.07. The highest BCUT2D eigenvalue weighted by atomic mass is 19.1. The zero-order valence-electron chi connectivity index (χ0n) is 15.3. The summed E-state index contributed by atoms with van der Waals surface area (Å²) in [4.78, 5) is 33.4. The molecule has 6 heteroatoms. The molecule has 0 spiro atoms. The number of para-hydroxylation sites is 2. The Hall–Kier alpha value is -3.51. The molecule has 0 bridgehead atoms. The maximum absolute atomic E-state index is 14.3. The van der Waals surface area contributed by atoms with E-state index >= 15 is 0 Å². The Kier molecular flexibility index (Phi) is 4.14. The molecule has 0 saturated carbocycles. The minimum atomic E-state index is -1.01. The third kappa shape index (κ3) is 2.72. The number of hydroxylamine groups is 1. The van der Waals surface area contributed by atoms with E-state index in [0.717, 1.165) is 16.2 Å². The number of halogens is 1. The molecule has 3 aromatic rings. The standard InChI is InChI=1S/C23H17FN2O3/c24-17-13-7-8-14-18(17)25-22(27)19-20(15-9-3-1-4-10-15)26(29-21(19)23(25)28)16-11-5-2-6-12-16/h1-14,19-21H/t19-,20+,21-/m1/s1. The number of rotatable bonds is 3. The zero-order chi connectivity index (χ0) is 20.0. The van der Waals surface area contributed by atoms with Crippen LogP contribution in [0.15, 0.2) is 84.9 Å². The van der Waals surface area contributed by atoms with Gasteiger partial charge in [-0.1, -0.05) is 60.7 Å². The number of amides is 2. The minimum absolute atomic E-state index is 0.0430. The van der Waals surface area contributed by atoms with Gasteiger partial charge in [-0.05, 0) is 29.8 Å². The van der Waals surface area contributed by atoms with Crippen molar-refractivity contribution in [1.82, 2.24) is 0 Å². The lowest BCUT2D eigenvalue weighted by Gasteiger charge is -2.28. The molecule has 5 nitrogen and oxygen atoms in total. The molecule has 0 radical (unpaired) electrons. The van der Waals surface area contributed by atoms with Gasteiger partial charge < -0.3 is 0 Å². The van der Waals surface area contributed by atoms with Crippen molar-refractivity contribution in [3.63, 3.8) is 0 Å². The van der Waals surface area contributed by atoms with Crippen LogP contribution in [-0.2, 0) is 14.4 Å². The van der Waals surface area contributed by atoms with Gasteiger partial charge in [-0.3, -0.25) is 14.4 Å². The molecule has 5 rings (SSSR count). The summed E-state index contributed by atoms with van der Waals surface area (Å²) in [7, 11) is 0. The third-order valence-corrected chi connectivity index (χ3v) is 5.36. The van der Waals surface area contributed by atoms with Crippen molar-refractivity contribution in [2.24, 2.45) is 5.92 Å². The topological polar surface area (TPSA) is 49.9 Å². The third-order valence-electron chi connectivity index (χ3n) is 5.36. The molecule has 2 fully saturated rings. The molecule has 2 amide bonds. The smallest absolute Gasteiger partial charge is 0.266 e. The molecule has 144 valence electrons. The fourth-order valence-corrected chi connectivity index (χ4v) is 4.07. The molecule has 2 aliphatic heterocycles. The first-order chi connectivity index (χ1) is 14.2. The Labute approximate surface area is 166 Å². The van der Waals surface area contributed by atoms with Gasteiger partial charge in [0.1, 0.15) is 11.7 Å². The second-order valence-electron chi connectivity index (χ2n) is 7.03. The van der Waals surface area contributed by atoms with Crippen LogP contribution in [0.25, 0.3) is 0 Å². The normalized spacial score (nSPS) is 23.6. The van der Waals surface area contributed by atoms with Gasteiger partial charge in [0.25, 0.3) is 5.91 Å². The summed E-state index contributed by atoms with van der Waals surface area (Å²) in [5.74, 6) is -2.41. The second kappa shape index (κ2) is 6.83. The Morgan fingerprint density at radius 1 is 0.759 bits per heavy atom. The quantitative estimate of drug-likeness (QED) is 0.639. The maximum Gasteiger partial charge on any atom is 0.266 e. The average molecular weight is 388 g/mol. The lowest BCUT2D eigenvalue weighted by molar-refractivity contribution is -0.126. The van der Waals surface area contributed by atoms with Crippen LogP contribution in [0.3, 0.4) is 0 Å². The van der Waals surface area contributed by atoms with E-state index in [9.17, 15) is 14.0 Å². The van der Waals surface area contributed by atoms with Crippen LogP contribution >= 0.6 is 0 Å². The molecular weight excluding hydrogens is 371 g/mol. The molecule has 3 atom stereocenters. The monoisotopic (exact) mass is 388 g/mol. The summed E-state index contributed by atoms with van der Waals surface area (Å²) in [6, 6.07) is 24.0. The first-order valence-electron chi connectivity index (χ1n) is 9.35.